The number of carboxylic acid groups (broad SMARTS) is 1. The van der Waals surface area contributed by atoms with E-state index in [9.17, 15) is 4.79 Å². The summed E-state index contributed by atoms with van der Waals surface area (Å²) >= 11 is 3.36. The zero-order valence-electron chi connectivity index (χ0n) is 9.94. The summed E-state index contributed by atoms with van der Waals surface area (Å²) < 4.78 is 6.10. The fourth-order valence-corrected chi connectivity index (χ4v) is 2.07. The molecular formula is C12H12BrNO4. The first-order valence-electron chi connectivity index (χ1n) is 5.28. The number of rotatable bonds is 3. The predicted octanol–water partition coefficient (Wildman–Crippen LogP) is 2.43. The van der Waals surface area contributed by atoms with Crippen molar-refractivity contribution in [3.63, 3.8) is 0 Å². The Hall–Kier alpha value is -1.56. The van der Waals surface area contributed by atoms with Crippen molar-refractivity contribution < 1.29 is 19.5 Å². The van der Waals surface area contributed by atoms with E-state index in [0.717, 1.165) is 10.0 Å². The average Bonchev–Trinajstić information content (AvgIpc) is 2.73. The highest BCUT2D eigenvalue weighted by Gasteiger charge is 2.42. The van der Waals surface area contributed by atoms with Gasteiger partial charge in [0.1, 0.15) is 5.75 Å². The quantitative estimate of drug-likeness (QED) is 0.930. The molecule has 1 unspecified atom stereocenters. The van der Waals surface area contributed by atoms with Crippen molar-refractivity contribution in [3.8, 4) is 5.75 Å². The molecule has 1 aliphatic rings. The van der Waals surface area contributed by atoms with Crippen LogP contribution in [0, 0.1) is 0 Å². The van der Waals surface area contributed by atoms with Gasteiger partial charge in [0.15, 0.2) is 0 Å². The maximum atomic E-state index is 11.1. The molecule has 0 saturated carbocycles. The Balaban J connectivity index is 2.35. The van der Waals surface area contributed by atoms with E-state index in [2.05, 4.69) is 21.1 Å². The van der Waals surface area contributed by atoms with Crippen LogP contribution in [0.5, 0.6) is 5.75 Å². The Kier molecular flexibility index (Phi) is 3.30. The number of benzene rings is 1. The zero-order chi connectivity index (χ0) is 13.3. The molecule has 0 spiro atoms. The van der Waals surface area contributed by atoms with Gasteiger partial charge in [0.05, 0.1) is 12.8 Å². The van der Waals surface area contributed by atoms with Gasteiger partial charge in [-0.25, -0.2) is 4.79 Å². The molecule has 1 heterocycles. The Morgan fingerprint density at radius 2 is 2.33 bits per heavy atom. The summed E-state index contributed by atoms with van der Waals surface area (Å²) in [6.45, 7) is 1.50. The van der Waals surface area contributed by atoms with Gasteiger partial charge in [-0.15, -0.1) is 0 Å². The molecule has 0 amide bonds. The van der Waals surface area contributed by atoms with Crippen molar-refractivity contribution in [2.75, 3.05) is 7.11 Å². The third kappa shape index (κ3) is 2.20. The number of aliphatic carboxylic acids is 1. The van der Waals surface area contributed by atoms with Crippen LogP contribution in [0.25, 0.3) is 0 Å². The van der Waals surface area contributed by atoms with Crippen LogP contribution in [0.2, 0.25) is 0 Å². The first-order valence-corrected chi connectivity index (χ1v) is 6.08. The van der Waals surface area contributed by atoms with Gasteiger partial charge < -0.3 is 14.7 Å². The number of halogens is 1. The topological polar surface area (TPSA) is 68.1 Å². The molecule has 0 aromatic heterocycles. The van der Waals surface area contributed by atoms with Crippen LogP contribution in [0.3, 0.4) is 0 Å². The summed E-state index contributed by atoms with van der Waals surface area (Å²) in [6, 6.07) is 5.46. The first-order chi connectivity index (χ1) is 8.46. The number of ether oxygens (including phenoxy) is 1. The summed E-state index contributed by atoms with van der Waals surface area (Å²) in [4.78, 5) is 16.1. The summed E-state index contributed by atoms with van der Waals surface area (Å²) in [5, 5.41) is 12.9. The van der Waals surface area contributed by atoms with E-state index in [4.69, 9.17) is 14.7 Å². The highest BCUT2D eigenvalue weighted by Crippen LogP contribution is 2.32. The second kappa shape index (κ2) is 4.61. The van der Waals surface area contributed by atoms with Gasteiger partial charge in [0.25, 0.3) is 0 Å². The van der Waals surface area contributed by atoms with Crippen LogP contribution in [0.15, 0.2) is 27.8 Å². The SMILES string of the molecule is COc1ccc(Br)cc1C1=NOC(C)(C(=O)O)C1. The summed E-state index contributed by atoms with van der Waals surface area (Å²) in [7, 11) is 1.56. The van der Waals surface area contributed by atoms with E-state index in [1.165, 1.54) is 6.92 Å². The standard InChI is InChI=1S/C12H12BrNO4/c1-12(11(15)16)6-9(14-18-12)8-5-7(13)3-4-10(8)17-2/h3-5H,6H2,1-2H3,(H,15,16). The summed E-state index contributed by atoms with van der Waals surface area (Å²) in [6.07, 6.45) is 0.204. The molecule has 0 aliphatic carbocycles. The lowest BCUT2D eigenvalue weighted by atomic mass is 9.96. The predicted molar refractivity (Wildman–Crippen MR) is 69.0 cm³/mol. The molecule has 1 atom stereocenters. The van der Waals surface area contributed by atoms with Crippen molar-refractivity contribution in [2.24, 2.45) is 5.16 Å². The molecule has 6 heteroatoms. The van der Waals surface area contributed by atoms with E-state index >= 15 is 0 Å². The maximum absolute atomic E-state index is 11.1. The molecule has 2 rings (SSSR count). The van der Waals surface area contributed by atoms with Crippen molar-refractivity contribution in [1.29, 1.82) is 0 Å². The number of carbonyl (C=O) groups is 1. The average molecular weight is 314 g/mol. The molecule has 96 valence electrons. The molecule has 5 nitrogen and oxygen atoms in total. The molecule has 18 heavy (non-hydrogen) atoms. The van der Waals surface area contributed by atoms with Crippen molar-refractivity contribution in [3.05, 3.63) is 28.2 Å². The highest BCUT2D eigenvalue weighted by molar-refractivity contribution is 9.10. The largest absolute Gasteiger partial charge is 0.496 e. The molecular weight excluding hydrogens is 302 g/mol. The lowest BCUT2D eigenvalue weighted by Gasteiger charge is -2.15. The zero-order valence-corrected chi connectivity index (χ0v) is 11.5. The Labute approximate surface area is 113 Å². The molecule has 0 radical (unpaired) electrons. The lowest BCUT2D eigenvalue weighted by molar-refractivity contribution is -0.160. The maximum Gasteiger partial charge on any atom is 0.351 e. The number of oxime groups is 1. The van der Waals surface area contributed by atoms with E-state index < -0.39 is 11.6 Å². The Morgan fingerprint density at radius 3 is 2.89 bits per heavy atom. The Morgan fingerprint density at radius 1 is 1.61 bits per heavy atom. The van der Waals surface area contributed by atoms with E-state index in [-0.39, 0.29) is 6.42 Å². The summed E-state index contributed by atoms with van der Waals surface area (Å²) in [5.74, 6) is -0.398. The van der Waals surface area contributed by atoms with Gasteiger partial charge in [-0.05, 0) is 25.1 Å². The molecule has 1 aromatic rings. The van der Waals surface area contributed by atoms with Gasteiger partial charge in [-0.2, -0.15) is 0 Å². The highest BCUT2D eigenvalue weighted by atomic mass is 79.9. The number of nitrogens with zero attached hydrogens (tertiary/aromatic N) is 1. The third-order valence-corrected chi connectivity index (χ3v) is 3.28. The first kappa shape index (κ1) is 12.9. The number of carboxylic acids is 1. The van der Waals surface area contributed by atoms with Crippen LogP contribution in [-0.2, 0) is 9.63 Å². The molecule has 0 fully saturated rings. The number of methoxy groups -OCH3 is 1. The van der Waals surface area contributed by atoms with Gasteiger partial charge >= 0.3 is 5.97 Å². The minimum absolute atomic E-state index is 0.204. The van der Waals surface area contributed by atoms with Crippen LogP contribution < -0.4 is 4.74 Å². The van der Waals surface area contributed by atoms with Gasteiger partial charge in [-0.1, -0.05) is 21.1 Å². The molecule has 1 aliphatic heterocycles. The van der Waals surface area contributed by atoms with E-state index in [0.29, 0.717) is 11.5 Å². The minimum Gasteiger partial charge on any atom is -0.496 e. The van der Waals surface area contributed by atoms with Crippen molar-refractivity contribution in [1.82, 2.24) is 0 Å². The molecule has 0 saturated heterocycles. The fourth-order valence-electron chi connectivity index (χ4n) is 1.70. The fraction of sp³-hybridized carbons (Fsp3) is 0.333. The summed E-state index contributed by atoms with van der Waals surface area (Å²) in [5.41, 5.74) is -0.00208. The lowest BCUT2D eigenvalue weighted by Crippen LogP contribution is -2.35. The molecule has 1 N–H and O–H groups in total. The van der Waals surface area contributed by atoms with Crippen LogP contribution in [0.4, 0.5) is 0 Å². The number of hydrogen-bond acceptors (Lipinski definition) is 4. The van der Waals surface area contributed by atoms with E-state index in [1.807, 2.05) is 12.1 Å². The van der Waals surface area contributed by atoms with E-state index in [1.54, 1.807) is 13.2 Å². The number of hydrogen-bond donors (Lipinski definition) is 1. The smallest absolute Gasteiger partial charge is 0.351 e. The van der Waals surface area contributed by atoms with Crippen molar-refractivity contribution in [2.45, 2.75) is 18.9 Å². The van der Waals surface area contributed by atoms with Crippen LogP contribution in [0.1, 0.15) is 18.9 Å². The van der Waals surface area contributed by atoms with Gasteiger partial charge in [0.2, 0.25) is 5.60 Å². The molecule has 1 aromatic carbocycles. The van der Waals surface area contributed by atoms with Gasteiger partial charge in [0, 0.05) is 16.5 Å². The monoisotopic (exact) mass is 313 g/mol. The van der Waals surface area contributed by atoms with Crippen LogP contribution in [-0.4, -0.2) is 29.5 Å². The van der Waals surface area contributed by atoms with Crippen molar-refractivity contribution >= 4 is 27.6 Å². The second-order valence-electron chi connectivity index (χ2n) is 4.19. The third-order valence-electron chi connectivity index (χ3n) is 2.79. The molecule has 0 bridgehead atoms. The van der Waals surface area contributed by atoms with Gasteiger partial charge in [-0.3, -0.25) is 0 Å². The van der Waals surface area contributed by atoms with Crippen LogP contribution >= 0.6 is 15.9 Å². The second-order valence-corrected chi connectivity index (χ2v) is 5.10. The Bertz CT molecular complexity index is 529. The normalized spacial score (nSPS) is 22.3. The minimum atomic E-state index is -1.30.